The lowest BCUT2D eigenvalue weighted by atomic mass is 10.1. The van der Waals surface area contributed by atoms with Crippen LogP contribution >= 0.6 is 0 Å². The predicted molar refractivity (Wildman–Crippen MR) is 92.2 cm³/mol. The fourth-order valence-corrected chi connectivity index (χ4v) is 2.25. The first kappa shape index (κ1) is 17.0. The second kappa shape index (κ2) is 8.95. The van der Waals surface area contributed by atoms with E-state index in [9.17, 15) is 0 Å². The molecule has 1 heterocycles. The fourth-order valence-electron chi connectivity index (χ4n) is 2.25. The number of hydrogen-bond donors (Lipinski definition) is 2. The third-order valence-corrected chi connectivity index (χ3v) is 3.58. The van der Waals surface area contributed by atoms with Gasteiger partial charge in [0.15, 0.2) is 5.96 Å². The van der Waals surface area contributed by atoms with Crippen LogP contribution in [0, 0.1) is 0 Å². The highest BCUT2D eigenvalue weighted by Crippen LogP contribution is 2.14. The van der Waals surface area contributed by atoms with Crippen molar-refractivity contribution in [1.82, 2.24) is 20.4 Å². The molecule has 0 aliphatic rings. The molecule has 0 aliphatic heterocycles. The van der Waals surface area contributed by atoms with Crippen LogP contribution in [0.1, 0.15) is 24.3 Å². The Morgan fingerprint density at radius 2 is 2.04 bits per heavy atom. The maximum absolute atomic E-state index is 5.58. The van der Waals surface area contributed by atoms with Crippen LogP contribution in [0.3, 0.4) is 0 Å². The standard InChI is InChI=1S/C17H25N5O/c1-4-18-17(19-12-15-10-11-21-22(15)2)20-13-16(23-3)14-8-6-5-7-9-14/h5-11,16H,4,12-13H2,1-3H3,(H2,18,19,20). The summed E-state index contributed by atoms with van der Waals surface area (Å²) in [5.41, 5.74) is 2.21. The third kappa shape index (κ3) is 5.10. The molecule has 124 valence electrons. The van der Waals surface area contributed by atoms with Crippen LogP contribution in [0.15, 0.2) is 47.6 Å². The number of aliphatic imine (C=N–C) groups is 1. The van der Waals surface area contributed by atoms with Crippen molar-refractivity contribution in [3.63, 3.8) is 0 Å². The van der Waals surface area contributed by atoms with E-state index in [-0.39, 0.29) is 6.10 Å². The summed E-state index contributed by atoms with van der Waals surface area (Å²) in [6.07, 6.45) is 1.76. The van der Waals surface area contributed by atoms with Crippen molar-refractivity contribution < 1.29 is 4.74 Å². The van der Waals surface area contributed by atoms with Gasteiger partial charge in [-0.3, -0.25) is 4.68 Å². The van der Waals surface area contributed by atoms with Crippen molar-refractivity contribution in [1.29, 1.82) is 0 Å². The van der Waals surface area contributed by atoms with Crippen LogP contribution in [0.4, 0.5) is 0 Å². The molecule has 2 rings (SSSR count). The van der Waals surface area contributed by atoms with E-state index in [2.05, 4.69) is 32.9 Å². The summed E-state index contributed by atoms with van der Waals surface area (Å²) in [4.78, 5) is 4.59. The molecule has 1 unspecified atom stereocenters. The lowest BCUT2D eigenvalue weighted by molar-refractivity contribution is 0.106. The van der Waals surface area contributed by atoms with E-state index in [0.717, 1.165) is 23.8 Å². The molecule has 0 bridgehead atoms. The average Bonchev–Trinajstić information content (AvgIpc) is 2.99. The Morgan fingerprint density at radius 3 is 2.65 bits per heavy atom. The first-order chi connectivity index (χ1) is 11.2. The minimum absolute atomic E-state index is 0.0169. The van der Waals surface area contributed by atoms with Crippen molar-refractivity contribution in [2.24, 2.45) is 12.0 Å². The highest BCUT2D eigenvalue weighted by molar-refractivity contribution is 5.79. The lowest BCUT2D eigenvalue weighted by Gasteiger charge is -2.18. The third-order valence-electron chi connectivity index (χ3n) is 3.58. The van der Waals surface area contributed by atoms with Gasteiger partial charge in [0.1, 0.15) is 0 Å². The second-order valence-electron chi connectivity index (χ2n) is 5.16. The molecule has 2 aromatic rings. The first-order valence-electron chi connectivity index (χ1n) is 7.81. The van der Waals surface area contributed by atoms with Crippen LogP contribution in [-0.2, 0) is 18.3 Å². The van der Waals surface area contributed by atoms with Crippen molar-refractivity contribution >= 4 is 5.96 Å². The molecule has 0 saturated heterocycles. The zero-order valence-corrected chi connectivity index (χ0v) is 14.0. The summed E-state index contributed by atoms with van der Waals surface area (Å²) in [6.45, 7) is 4.08. The molecule has 1 aromatic heterocycles. The first-order valence-corrected chi connectivity index (χ1v) is 7.81. The largest absolute Gasteiger partial charge is 0.375 e. The molecular formula is C17H25N5O. The Bertz CT molecular complexity index is 608. The smallest absolute Gasteiger partial charge is 0.191 e. The zero-order valence-electron chi connectivity index (χ0n) is 14.0. The number of rotatable bonds is 7. The minimum atomic E-state index is -0.0169. The molecule has 2 N–H and O–H groups in total. The summed E-state index contributed by atoms with van der Waals surface area (Å²) in [6, 6.07) is 12.1. The quantitative estimate of drug-likeness (QED) is 0.605. The number of nitrogens with zero attached hydrogens (tertiary/aromatic N) is 3. The van der Waals surface area contributed by atoms with Crippen molar-refractivity contribution in [2.75, 3.05) is 20.2 Å². The molecule has 6 nitrogen and oxygen atoms in total. The van der Waals surface area contributed by atoms with Gasteiger partial charge in [0.05, 0.1) is 18.3 Å². The highest BCUT2D eigenvalue weighted by Gasteiger charge is 2.10. The van der Waals surface area contributed by atoms with Gasteiger partial charge in [0.2, 0.25) is 0 Å². The van der Waals surface area contributed by atoms with Crippen LogP contribution in [0.25, 0.3) is 0 Å². The van der Waals surface area contributed by atoms with Gasteiger partial charge in [-0.05, 0) is 18.6 Å². The molecular weight excluding hydrogens is 290 g/mol. The number of methoxy groups -OCH3 is 1. The molecule has 0 fully saturated rings. The summed E-state index contributed by atoms with van der Waals surface area (Å²) in [7, 11) is 3.64. The summed E-state index contributed by atoms with van der Waals surface area (Å²) < 4.78 is 7.40. The molecule has 6 heteroatoms. The minimum Gasteiger partial charge on any atom is -0.375 e. The van der Waals surface area contributed by atoms with Crippen molar-refractivity contribution in [2.45, 2.75) is 19.6 Å². The highest BCUT2D eigenvalue weighted by atomic mass is 16.5. The lowest BCUT2D eigenvalue weighted by Crippen LogP contribution is -2.39. The van der Waals surface area contributed by atoms with Gasteiger partial charge >= 0.3 is 0 Å². The Labute approximate surface area is 137 Å². The van der Waals surface area contributed by atoms with E-state index in [1.54, 1.807) is 13.3 Å². The molecule has 0 amide bonds. The normalized spacial score (nSPS) is 12.9. The predicted octanol–water partition coefficient (Wildman–Crippen LogP) is 1.86. The van der Waals surface area contributed by atoms with Gasteiger partial charge in [-0.25, -0.2) is 4.99 Å². The van der Waals surface area contributed by atoms with Gasteiger partial charge in [-0.1, -0.05) is 30.3 Å². The Balaban J connectivity index is 1.97. The van der Waals surface area contributed by atoms with E-state index in [1.807, 2.05) is 42.9 Å². The van der Waals surface area contributed by atoms with Crippen LogP contribution < -0.4 is 10.6 Å². The number of nitrogens with one attached hydrogen (secondary N) is 2. The Kier molecular flexibility index (Phi) is 6.62. The SMILES string of the molecule is CCNC(=NCc1ccnn1C)NCC(OC)c1ccccc1. The monoisotopic (exact) mass is 315 g/mol. The summed E-state index contributed by atoms with van der Waals surface area (Å²) >= 11 is 0. The van der Waals surface area contributed by atoms with Gasteiger partial charge in [-0.2, -0.15) is 5.10 Å². The maximum atomic E-state index is 5.58. The van der Waals surface area contributed by atoms with Crippen LogP contribution in [0.2, 0.25) is 0 Å². The molecule has 0 saturated carbocycles. The van der Waals surface area contributed by atoms with Gasteiger partial charge < -0.3 is 15.4 Å². The maximum Gasteiger partial charge on any atom is 0.191 e. The van der Waals surface area contributed by atoms with Crippen molar-refractivity contribution in [3.8, 4) is 0 Å². The van der Waals surface area contributed by atoms with E-state index in [1.165, 1.54) is 0 Å². The van der Waals surface area contributed by atoms with Gasteiger partial charge in [-0.15, -0.1) is 0 Å². The van der Waals surface area contributed by atoms with Gasteiger partial charge in [0, 0.05) is 33.4 Å². The fraction of sp³-hybridized carbons (Fsp3) is 0.412. The number of ether oxygens (including phenoxy) is 1. The van der Waals surface area contributed by atoms with Crippen molar-refractivity contribution in [3.05, 3.63) is 53.9 Å². The number of benzene rings is 1. The second-order valence-corrected chi connectivity index (χ2v) is 5.16. The van der Waals surface area contributed by atoms with E-state index < -0.39 is 0 Å². The number of guanidine groups is 1. The van der Waals surface area contributed by atoms with Crippen LogP contribution in [0.5, 0.6) is 0 Å². The topological polar surface area (TPSA) is 63.5 Å². The molecule has 0 spiro atoms. The molecule has 23 heavy (non-hydrogen) atoms. The van der Waals surface area contributed by atoms with E-state index in [4.69, 9.17) is 4.74 Å². The number of aromatic nitrogens is 2. The summed E-state index contributed by atoms with van der Waals surface area (Å²) in [5, 5.41) is 10.7. The number of aryl methyl sites for hydroxylation is 1. The molecule has 1 aromatic carbocycles. The van der Waals surface area contributed by atoms with E-state index >= 15 is 0 Å². The van der Waals surface area contributed by atoms with E-state index in [0.29, 0.717) is 13.1 Å². The Hall–Kier alpha value is -2.34. The van der Waals surface area contributed by atoms with Gasteiger partial charge in [0.25, 0.3) is 0 Å². The molecule has 0 aliphatic carbocycles. The number of hydrogen-bond acceptors (Lipinski definition) is 3. The molecule has 1 atom stereocenters. The summed E-state index contributed by atoms with van der Waals surface area (Å²) in [5.74, 6) is 0.770. The Morgan fingerprint density at radius 1 is 1.26 bits per heavy atom. The average molecular weight is 315 g/mol. The zero-order chi connectivity index (χ0) is 16.5. The van der Waals surface area contributed by atoms with Crippen LogP contribution in [-0.4, -0.2) is 35.9 Å². The molecule has 0 radical (unpaired) electrons.